The molecule has 0 bridgehead atoms. The summed E-state index contributed by atoms with van der Waals surface area (Å²) in [7, 11) is 1.39. The van der Waals surface area contributed by atoms with Gasteiger partial charge in [-0.1, -0.05) is 12.1 Å². The van der Waals surface area contributed by atoms with Crippen LogP contribution in [0.3, 0.4) is 0 Å². The highest BCUT2D eigenvalue weighted by molar-refractivity contribution is 5.93. The summed E-state index contributed by atoms with van der Waals surface area (Å²) in [5, 5.41) is 0. The van der Waals surface area contributed by atoms with Crippen molar-refractivity contribution in [3.8, 4) is 5.75 Å². The minimum absolute atomic E-state index is 0.0437. The molecule has 2 N–H and O–H groups in total. The highest BCUT2D eigenvalue weighted by Crippen LogP contribution is 2.23. The Morgan fingerprint density at radius 2 is 2.00 bits per heavy atom. The molecule has 110 valence electrons. The number of anilines is 1. The lowest BCUT2D eigenvalue weighted by Gasteiger charge is -2.10. The Balaban J connectivity index is 2.14. The molecule has 4 nitrogen and oxygen atoms in total. The van der Waals surface area contributed by atoms with Gasteiger partial charge in [0.1, 0.15) is 17.9 Å². The molecule has 2 aromatic rings. The topological polar surface area (TPSA) is 61.5 Å². The Morgan fingerprint density at radius 3 is 2.71 bits per heavy atom. The molecule has 0 aliphatic carbocycles. The smallest absolute Gasteiger partial charge is 0.342 e. The van der Waals surface area contributed by atoms with E-state index in [1.165, 1.54) is 37.4 Å². The molecule has 0 spiro atoms. The molecule has 0 aliphatic rings. The maximum absolute atomic E-state index is 13.4. The first-order valence-corrected chi connectivity index (χ1v) is 6.06. The van der Waals surface area contributed by atoms with E-state index in [-0.39, 0.29) is 23.5 Å². The number of esters is 1. The predicted molar refractivity (Wildman–Crippen MR) is 72.9 cm³/mol. The maximum atomic E-state index is 13.4. The van der Waals surface area contributed by atoms with E-state index >= 15 is 0 Å². The largest absolute Gasteiger partial charge is 0.496 e. The van der Waals surface area contributed by atoms with Crippen molar-refractivity contribution < 1.29 is 23.0 Å². The number of methoxy groups -OCH3 is 1. The summed E-state index contributed by atoms with van der Waals surface area (Å²) >= 11 is 0. The summed E-state index contributed by atoms with van der Waals surface area (Å²) in [6, 6.07) is 8.10. The zero-order valence-corrected chi connectivity index (χ0v) is 11.2. The summed E-state index contributed by atoms with van der Waals surface area (Å²) < 4.78 is 36.5. The normalized spacial score (nSPS) is 10.2. The summed E-state index contributed by atoms with van der Waals surface area (Å²) in [5.41, 5.74) is 6.12. The van der Waals surface area contributed by atoms with E-state index in [1.54, 1.807) is 0 Å². The fourth-order valence-electron chi connectivity index (χ4n) is 1.76. The Labute approximate surface area is 120 Å². The van der Waals surface area contributed by atoms with Gasteiger partial charge in [0.2, 0.25) is 0 Å². The van der Waals surface area contributed by atoms with Crippen LogP contribution in [0.5, 0.6) is 5.75 Å². The Hall–Kier alpha value is -2.63. The summed E-state index contributed by atoms with van der Waals surface area (Å²) in [6.07, 6.45) is 0. The van der Waals surface area contributed by atoms with Gasteiger partial charge >= 0.3 is 5.97 Å². The van der Waals surface area contributed by atoms with Crippen molar-refractivity contribution in [2.45, 2.75) is 6.61 Å². The first kappa shape index (κ1) is 14.8. The number of ether oxygens (including phenoxy) is 2. The number of nitrogen functional groups attached to an aromatic ring is 1. The second-order valence-electron chi connectivity index (χ2n) is 4.25. The van der Waals surface area contributed by atoms with Crippen LogP contribution in [0.2, 0.25) is 0 Å². The average Bonchev–Trinajstić information content (AvgIpc) is 2.48. The number of carbonyl (C=O) groups excluding carboxylic acids is 1. The lowest BCUT2D eigenvalue weighted by atomic mass is 10.2. The lowest BCUT2D eigenvalue weighted by molar-refractivity contribution is 0.0464. The minimum atomic E-state index is -1.03. The van der Waals surface area contributed by atoms with Crippen LogP contribution in [-0.4, -0.2) is 13.1 Å². The van der Waals surface area contributed by atoms with Crippen LogP contribution < -0.4 is 10.5 Å². The molecule has 0 unspecified atom stereocenters. The number of benzene rings is 2. The van der Waals surface area contributed by atoms with Crippen LogP contribution in [0.1, 0.15) is 15.9 Å². The predicted octanol–water partition coefficient (Wildman–Crippen LogP) is 2.91. The highest BCUT2D eigenvalue weighted by atomic mass is 19.2. The fourth-order valence-corrected chi connectivity index (χ4v) is 1.76. The van der Waals surface area contributed by atoms with Gasteiger partial charge in [-0.05, 0) is 18.2 Å². The SMILES string of the molecule is COc1cc(N)ccc1C(=O)OCc1cccc(F)c1F. The second-order valence-corrected chi connectivity index (χ2v) is 4.25. The molecule has 0 aliphatic heterocycles. The molecule has 0 radical (unpaired) electrons. The third-order valence-corrected chi connectivity index (χ3v) is 2.84. The van der Waals surface area contributed by atoms with Crippen LogP contribution in [0.4, 0.5) is 14.5 Å². The van der Waals surface area contributed by atoms with Crippen molar-refractivity contribution in [3.05, 3.63) is 59.2 Å². The number of halogens is 2. The first-order chi connectivity index (χ1) is 10.0. The summed E-state index contributed by atoms with van der Waals surface area (Å²) in [5.74, 6) is -2.49. The number of nitrogens with two attached hydrogens (primary N) is 1. The van der Waals surface area contributed by atoms with Crippen LogP contribution >= 0.6 is 0 Å². The van der Waals surface area contributed by atoms with Crippen LogP contribution in [0, 0.1) is 11.6 Å². The van der Waals surface area contributed by atoms with E-state index in [9.17, 15) is 13.6 Å². The molecule has 0 fully saturated rings. The molecule has 0 amide bonds. The van der Waals surface area contributed by atoms with E-state index in [4.69, 9.17) is 15.2 Å². The van der Waals surface area contributed by atoms with Crippen molar-refractivity contribution in [1.82, 2.24) is 0 Å². The molecule has 21 heavy (non-hydrogen) atoms. The molecule has 0 saturated carbocycles. The molecule has 0 saturated heterocycles. The Morgan fingerprint density at radius 1 is 1.24 bits per heavy atom. The molecule has 2 rings (SSSR count). The van der Waals surface area contributed by atoms with Crippen LogP contribution in [0.25, 0.3) is 0 Å². The van der Waals surface area contributed by atoms with Gasteiger partial charge < -0.3 is 15.2 Å². The van der Waals surface area contributed by atoms with E-state index < -0.39 is 17.6 Å². The number of hydrogen-bond donors (Lipinski definition) is 1. The molecular weight excluding hydrogens is 280 g/mol. The molecular formula is C15H13F2NO3. The van der Waals surface area contributed by atoms with Crippen molar-refractivity contribution in [2.75, 3.05) is 12.8 Å². The molecule has 0 aromatic heterocycles. The van der Waals surface area contributed by atoms with Crippen LogP contribution in [-0.2, 0) is 11.3 Å². The summed E-state index contributed by atoms with van der Waals surface area (Å²) in [4.78, 5) is 11.9. The van der Waals surface area contributed by atoms with Gasteiger partial charge in [-0.15, -0.1) is 0 Å². The average molecular weight is 293 g/mol. The highest BCUT2D eigenvalue weighted by Gasteiger charge is 2.15. The first-order valence-electron chi connectivity index (χ1n) is 6.06. The zero-order valence-electron chi connectivity index (χ0n) is 11.2. The van der Waals surface area contributed by atoms with E-state index in [0.29, 0.717) is 5.69 Å². The van der Waals surface area contributed by atoms with Gasteiger partial charge in [0.05, 0.1) is 7.11 Å². The molecule has 6 heteroatoms. The number of hydrogen-bond acceptors (Lipinski definition) is 4. The van der Waals surface area contributed by atoms with Crippen molar-refractivity contribution in [2.24, 2.45) is 0 Å². The number of rotatable bonds is 4. The van der Waals surface area contributed by atoms with Gasteiger partial charge in [0.15, 0.2) is 11.6 Å². The lowest BCUT2D eigenvalue weighted by Crippen LogP contribution is -2.08. The van der Waals surface area contributed by atoms with Gasteiger partial charge in [0, 0.05) is 17.3 Å². The fraction of sp³-hybridized carbons (Fsp3) is 0.133. The quantitative estimate of drug-likeness (QED) is 0.695. The number of carbonyl (C=O) groups is 1. The van der Waals surface area contributed by atoms with Gasteiger partial charge in [-0.25, -0.2) is 13.6 Å². The molecule has 0 atom stereocenters. The van der Waals surface area contributed by atoms with Crippen molar-refractivity contribution >= 4 is 11.7 Å². The maximum Gasteiger partial charge on any atom is 0.342 e. The van der Waals surface area contributed by atoms with Gasteiger partial charge in [-0.2, -0.15) is 0 Å². The monoisotopic (exact) mass is 293 g/mol. The molecule has 0 heterocycles. The summed E-state index contributed by atoms with van der Waals surface area (Å²) in [6.45, 7) is -0.379. The minimum Gasteiger partial charge on any atom is -0.496 e. The molecule has 2 aromatic carbocycles. The van der Waals surface area contributed by atoms with E-state index in [2.05, 4.69) is 0 Å². The van der Waals surface area contributed by atoms with Crippen molar-refractivity contribution in [1.29, 1.82) is 0 Å². The van der Waals surface area contributed by atoms with Crippen molar-refractivity contribution in [3.63, 3.8) is 0 Å². The van der Waals surface area contributed by atoms with E-state index in [0.717, 1.165) is 6.07 Å². The van der Waals surface area contributed by atoms with Gasteiger partial charge in [-0.3, -0.25) is 0 Å². The second kappa shape index (κ2) is 6.21. The third-order valence-electron chi connectivity index (χ3n) is 2.84. The Kier molecular flexibility index (Phi) is 4.37. The standard InChI is InChI=1S/C15H13F2NO3/c1-20-13-7-10(18)5-6-11(13)15(19)21-8-9-3-2-4-12(16)14(9)17/h2-7H,8,18H2,1H3. The van der Waals surface area contributed by atoms with Gasteiger partial charge in [0.25, 0.3) is 0 Å². The van der Waals surface area contributed by atoms with Crippen LogP contribution in [0.15, 0.2) is 36.4 Å². The Bertz CT molecular complexity index is 674. The third kappa shape index (κ3) is 3.28. The zero-order chi connectivity index (χ0) is 15.4. The van der Waals surface area contributed by atoms with E-state index in [1.807, 2.05) is 0 Å².